The fourth-order valence-electron chi connectivity index (χ4n) is 2.05. The van der Waals surface area contributed by atoms with Crippen molar-refractivity contribution in [2.45, 2.75) is 19.1 Å². The molecule has 1 heterocycles. The molecule has 0 bridgehead atoms. The first-order chi connectivity index (χ1) is 7.76. The highest BCUT2D eigenvalue weighted by molar-refractivity contribution is 5.75. The number of aliphatic hydroxyl groups excluding tert-OH is 1. The summed E-state index contributed by atoms with van der Waals surface area (Å²) in [6.07, 6.45) is 0. The molecule has 1 N–H and O–H groups in total. The minimum Gasteiger partial charge on any atom is -0.468 e. The van der Waals surface area contributed by atoms with Crippen LogP contribution in [0.3, 0.4) is 0 Å². The second-order valence-corrected chi connectivity index (χ2v) is 3.90. The van der Waals surface area contributed by atoms with Gasteiger partial charge in [-0.2, -0.15) is 0 Å². The molecule has 2 rings (SSSR count). The monoisotopic (exact) mass is 221 g/mol. The van der Waals surface area contributed by atoms with Gasteiger partial charge < -0.3 is 9.84 Å². The van der Waals surface area contributed by atoms with Gasteiger partial charge in [-0.3, -0.25) is 9.69 Å². The van der Waals surface area contributed by atoms with E-state index in [1.165, 1.54) is 18.2 Å². The number of hydrogen-bond acceptors (Lipinski definition) is 4. The van der Waals surface area contributed by atoms with Gasteiger partial charge in [0.25, 0.3) is 0 Å². The molecule has 1 aromatic rings. The van der Waals surface area contributed by atoms with Crippen molar-refractivity contribution in [2.24, 2.45) is 0 Å². The normalized spacial score (nSPS) is 16.9. The standard InChI is InChI=1S/C12H15NO3/c1-16-12(15)11(8-14)13-6-9-4-2-3-5-10(9)7-13/h2-5,11,14H,6-8H2,1H3. The van der Waals surface area contributed by atoms with Crippen molar-refractivity contribution in [3.8, 4) is 0 Å². The van der Waals surface area contributed by atoms with Crippen molar-refractivity contribution in [1.29, 1.82) is 0 Å². The lowest BCUT2D eigenvalue weighted by molar-refractivity contribution is -0.148. The minimum atomic E-state index is -0.558. The van der Waals surface area contributed by atoms with Gasteiger partial charge >= 0.3 is 5.97 Å². The predicted octanol–water partition coefficient (Wildman–Crippen LogP) is 0.536. The number of rotatable bonds is 3. The average Bonchev–Trinajstić information content (AvgIpc) is 2.72. The Labute approximate surface area is 94.4 Å². The van der Waals surface area contributed by atoms with E-state index in [0.29, 0.717) is 13.1 Å². The van der Waals surface area contributed by atoms with Crippen LogP contribution >= 0.6 is 0 Å². The van der Waals surface area contributed by atoms with Gasteiger partial charge in [-0.05, 0) is 11.1 Å². The van der Waals surface area contributed by atoms with Gasteiger partial charge in [0.05, 0.1) is 13.7 Å². The Morgan fingerprint density at radius 1 is 1.44 bits per heavy atom. The van der Waals surface area contributed by atoms with Crippen molar-refractivity contribution in [2.75, 3.05) is 13.7 Å². The molecule has 0 fully saturated rings. The van der Waals surface area contributed by atoms with Crippen molar-refractivity contribution >= 4 is 5.97 Å². The average molecular weight is 221 g/mol. The number of esters is 1. The van der Waals surface area contributed by atoms with E-state index in [2.05, 4.69) is 4.74 Å². The highest BCUT2D eigenvalue weighted by atomic mass is 16.5. The first-order valence-corrected chi connectivity index (χ1v) is 5.25. The second kappa shape index (κ2) is 4.63. The highest BCUT2D eigenvalue weighted by Crippen LogP contribution is 2.24. The van der Waals surface area contributed by atoms with Crippen molar-refractivity contribution in [1.82, 2.24) is 4.90 Å². The van der Waals surface area contributed by atoms with Crippen LogP contribution in [0.4, 0.5) is 0 Å². The Kier molecular flexibility index (Phi) is 3.22. The number of ether oxygens (including phenoxy) is 1. The van der Waals surface area contributed by atoms with Gasteiger partial charge in [0.1, 0.15) is 6.04 Å². The molecule has 1 unspecified atom stereocenters. The van der Waals surface area contributed by atoms with E-state index in [9.17, 15) is 9.90 Å². The smallest absolute Gasteiger partial charge is 0.325 e. The summed E-state index contributed by atoms with van der Waals surface area (Å²) in [5.41, 5.74) is 2.43. The molecule has 0 saturated carbocycles. The fourth-order valence-corrected chi connectivity index (χ4v) is 2.05. The van der Waals surface area contributed by atoms with Crippen LogP contribution in [-0.2, 0) is 22.6 Å². The first-order valence-electron chi connectivity index (χ1n) is 5.25. The van der Waals surface area contributed by atoms with Gasteiger partial charge in [-0.25, -0.2) is 0 Å². The third-order valence-electron chi connectivity index (χ3n) is 2.95. The molecule has 0 aromatic heterocycles. The third-order valence-corrected chi connectivity index (χ3v) is 2.95. The van der Waals surface area contributed by atoms with Crippen molar-refractivity contribution < 1.29 is 14.6 Å². The van der Waals surface area contributed by atoms with Gasteiger partial charge in [-0.15, -0.1) is 0 Å². The molecule has 0 aliphatic carbocycles. The number of carbonyl (C=O) groups excluding carboxylic acids is 1. The molecular weight excluding hydrogens is 206 g/mol. The maximum atomic E-state index is 11.5. The van der Waals surface area contributed by atoms with E-state index in [-0.39, 0.29) is 12.6 Å². The zero-order valence-electron chi connectivity index (χ0n) is 9.22. The summed E-state index contributed by atoms with van der Waals surface area (Å²) in [6.45, 7) is 1.17. The summed E-state index contributed by atoms with van der Waals surface area (Å²) in [6, 6.07) is 7.49. The van der Waals surface area contributed by atoms with Crippen LogP contribution in [0.5, 0.6) is 0 Å². The molecular formula is C12H15NO3. The predicted molar refractivity (Wildman–Crippen MR) is 58.6 cm³/mol. The Hall–Kier alpha value is -1.39. The zero-order valence-corrected chi connectivity index (χ0v) is 9.22. The Morgan fingerprint density at radius 3 is 2.44 bits per heavy atom. The number of methoxy groups -OCH3 is 1. The van der Waals surface area contributed by atoms with Crippen LogP contribution in [0.2, 0.25) is 0 Å². The van der Waals surface area contributed by atoms with Crippen molar-refractivity contribution in [3.63, 3.8) is 0 Å². The first kappa shape index (κ1) is 11.1. The van der Waals surface area contributed by atoms with Gasteiger partial charge in [0, 0.05) is 13.1 Å². The van der Waals surface area contributed by atoms with Crippen LogP contribution in [0, 0.1) is 0 Å². The van der Waals surface area contributed by atoms with E-state index < -0.39 is 6.04 Å². The largest absolute Gasteiger partial charge is 0.468 e. The number of benzene rings is 1. The van der Waals surface area contributed by atoms with E-state index >= 15 is 0 Å². The van der Waals surface area contributed by atoms with Crippen LogP contribution in [0.15, 0.2) is 24.3 Å². The molecule has 86 valence electrons. The summed E-state index contributed by atoms with van der Waals surface area (Å²) in [4.78, 5) is 13.4. The maximum Gasteiger partial charge on any atom is 0.325 e. The molecule has 4 heteroatoms. The van der Waals surface area contributed by atoms with Crippen LogP contribution in [0.1, 0.15) is 11.1 Å². The SMILES string of the molecule is COC(=O)C(CO)N1Cc2ccccc2C1. The molecule has 1 aliphatic rings. The highest BCUT2D eigenvalue weighted by Gasteiger charge is 2.30. The lowest BCUT2D eigenvalue weighted by atomic mass is 10.1. The summed E-state index contributed by atoms with van der Waals surface area (Å²) in [5.74, 6) is -0.379. The third kappa shape index (κ3) is 1.94. The topological polar surface area (TPSA) is 49.8 Å². The summed E-state index contributed by atoms with van der Waals surface area (Å²) < 4.78 is 4.67. The Morgan fingerprint density at radius 2 is 2.00 bits per heavy atom. The molecule has 1 aliphatic heterocycles. The minimum absolute atomic E-state index is 0.208. The Bertz CT molecular complexity index is 367. The molecule has 0 radical (unpaired) electrons. The number of fused-ring (bicyclic) bond motifs is 1. The molecule has 4 nitrogen and oxygen atoms in total. The quantitative estimate of drug-likeness (QED) is 0.757. The summed E-state index contributed by atoms with van der Waals surface area (Å²) >= 11 is 0. The van der Waals surface area contributed by atoms with E-state index in [4.69, 9.17) is 0 Å². The fraction of sp³-hybridized carbons (Fsp3) is 0.417. The molecule has 1 atom stereocenters. The number of aliphatic hydroxyl groups is 1. The maximum absolute atomic E-state index is 11.5. The second-order valence-electron chi connectivity index (χ2n) is 3.90. The lowest BCUT2D eigenvalue weighted by Gasteiger charge is -2.22. The van der Waals surface area contributed by atoms with Gasteiger partial charge in [0.2, 0.25) is 0 Å². The summed E-state index contributed by atoms with van der Waals surface area (Å²) in [7, 11) is 1.34. The molecule has 0 saturated heterocycles. The van der Waals surface area contributed by atoms with E-state index in [1.807, 2.05) is 29.2 Å². The van der Waals surface area contributed by atoms with Crippen LogP contribution in [0.25, 0.3) is 0 Å². The summed E-state index contributed by atoms with van der Waals surface area (Å²) in [5, 5.41) is 9.22. The number of hydrogen-bond donors (Lipinski definition) is 1. The Balaban J connectivity index is 2.12. The molecule has 0 spiro atoms. The van der Waals surface area contributed by atoms with Crippen LogP contribution < -0.4 is 0 Å². The lowest BCUT2D eigenvalue weighted by Crippen LogP contribution is -2.41. The molecule has 1 aromatic carbocycles. The molecule has 16 heavy (non-hydrogen) atoms. The van der Waals surface area contributed by atoms with Gasteiger partial charge in [0.15, 0.2) is 0 Å². The van der Waals surface area contributed by atoms with E-state index in [1.54, 1.807) is 0 Å². The number of carbonyl (C=O) groups is 1. The van der Waals surface area contributed by atoms with E-state index in [0.717, 1.165) is 0 Å². The molecule has 0 amide bonds. The van der Waals surface area contributed by atoms with Crippen molar-refractivity contribution in [3.05, 3.63) is 35.4 Å². The van der Waals surface area contributed by atoms with Crippen LogP contribution in [-0.4, -0.2) is 35.7 Å². The number of nitrogens with zero attached hydrogens (tertiary/aromatic N) is 1. The van der Waals surface area contributed by atoms with Gasteiger partial charge in [-0.1, -0.05) is 24.3 Å². The zero-order chi connectivity index (χ0) is 11.5.